The topological polar surface area (TPSA) is 69.7 Å². The summed E-state index contributed by atoms with van der Waals surface area (Å²) in [5, 5.41) is 3.59. The van der Waals surface area contributed by atoms with Crippen LogP contribution in [0, 0.1) is 11.8 Å². The van der Waals surface area contributed by atoms with Gasteiger partial charge in [0.05, 0.1) is 17.9 Å². The molecule has 6 nitrogen and oxygen atoms in total. The average Bonchev–Trinajstić information content (AvgIpc) is 3.05. The smallest absolute Gasteiger partial charge is 0.247 e. The standard InChI is InChI=1S/C26H29N3O3/c1-17-15-22(27-18-9-3-2-4-10-18)21-13-7-8-14-23(21)29(17)24(30)16-28-25(31)19-11-5-6-12-20(19)26(28)32/h2-4,7-10,13-14,17,19-20,22,27H,5-6,11-12,15-16H2,1H3. The Hall–Kier alpha value is -3.15. The van der Waals surface area contributed by atoms with Crippen LogP contribution in [0.1, 0.15) is 50.6 Å². The number of rotatable bonds is 4. The summed E-state index contributed by atoms with van der Waals surface area (Å²) in [5.41, 5.74) is 2.94. The first kappa shape index (κ1) is 20.7. The molecule has 5 rings (SSSR count). The Morgan fingerprint density at radius 2 is 1.56 bits per heavy atom. The fourth-order valence-electron chi connectivity index (χ4n) is 5.66. The van der Waals surface area contributed by atoms with Crippen LogP contribution in [0.4, 0.5) is 11.4 Å². The summed E-state index contributed by atoms with van der Waals surface area (Å²) < 4.78 is 0. The maximum Gasteiger partial charge on any atom is 0.247 e. The Kier molecular flexibility index (Phi) is 5.45. The van der Waals surface area contributed by atoms with Crippen molar-refractivity contribution in [3.63, 3.8) is 0 Å². The number of imide groups is 1. The molecule has 0 spiro atoms. The second kappa shape index (κ2) is 8.41. The summed E-state index contributed by atoms with van der Waals surface area (Å²) in [4.78, 5) is 42.2. The van der Waals surface area contributed by atoms with Crippen molar-refractivity contribution in [2.45, 2.75) is 51.1 Å². The molecule has 1 saturated heterocycles. The van der Waals surface area contributed by atoms with Crippen molar-refractivity contribution in [2.24, 2.45) is 11.8 Å². The van der Waals surface area contributed by atoms with Gasteiger partial charge in [0.15, 0.2) is 0 Å². The zero-order valence-corrected chi connectivity index (χ0v) is 18.4. The van der Waals surface area contributed by atoms with Gasteiger partial charge in [-0.1, -0.05) is 49.2 Å². The first-order chi connectivity index (χ1) is 15.5. The van der Waals surface area contributed by atoms with Gasteiger partial charge in [-0.3, -0.25) is 19.3 Å². The molecule has 2 aromatic carbocycles. The molecule has 0 radical (unpaired) electrons. The first-order valence-electron chi connectivity index (χ1n) is 11.6. The molecule has 1 aliphatic carbocycles. The fraction of sp³-hybridized carbons (Fsp3) is 0.423. The number of para-hydroxylation sites is 2. The second-order valence-corrected chi connectivity index (χ2v) is 9.23. The van der Waals surface area contributed by atoms with E-state index in [2.05, 4.69) is 5.32 Å². The van der Waals surface area contributed by atoms with E-state index >= 15 is 0 Å². The van der Waals surface area contributed by atoms with E-state index in [-0.39, 0.29) is 48.2 Å². The molecule has 3 aliphatic rings. The Bertz CT molecular complexity index is 1010. The van der Waals surface area contributed by atoms with Crippen LogP contribution in [-0.2, 0) is 14.4 Å². The third-order valence-corrected chi connectivity index (χ3v) is 7.20. The van der Waals surface area contributed by atoms with Crippen LogP contribution in [0.15, 0.2) is 54.6 Å². The number of carbonyl (C=O) groups is 3. The van der Waals surface area contributed by atoms with Crippen LogP contribution in [0.3, 0.4) is 0 Å². The van der Waals surface area contributed by atoms with Gasteiger partial charge in [-0.05, 0) is 49.9 Å². The van der Waals surface area contributed by atoms with Crippen LogP contribution in [0.5, 0.6) is 0 Å². The summed E-state index contributed by atoms with van der Waals surface area (Å²) in [5.74, 6) is -0.961. The number of nitrogens with one attached hydrogen (secondary N) is 1. The number of benzene rings is 2. The average molecular weight is 432 g/mol. The van der Waals surface area contributed by atoms with E-state index in [0.29, 0.717) is 0 Å². The van der Waals surface area contributed by atoms with Crippen molar-refractivity contribution in [2.75, 3.05) is 16.8 Å². The number of fused-ring (bicyclic) bond motifs is 2. The molecule has 166 valence electrons. The Morgan fingerprint density at radius 3 is 2.25 bits per heavy atom. The summed E-state index contributed by atoms with van der Waals surface area (Å²) in [7, 11) is 0. The lowest BCUT2D eigenvalue weighted by Gasteiger charge is -2.40. The third-order valence-electron chi connectivity index (χ3n) is 7.20. The lowest BCUT2D eigenvalue weighted by atomic mass is 9.81. The zero-order chi connectivity index (χ0) is 22.2. The van der Waals surface area contributed by atoms with E-state index in [0.717, 1.165) is 49.0 Å². The molecular weight excluding hydrogens is 402 g/mol. The highest BCUT2D eigenvalue weighted by Crippen LogP contribution is 2.40. The number of carbonyl (C=O) groups excluding carboxylic acids is 3. The molecule has 4 unspecified atom stereocenters. The second-order valence-electron chi connectivity index (χ2n) is 9.23. The molecule has 32 heavy (non-hydrogen) atoms. The van der Waals surface area contributed by atoms with Crippen molar-refractivity contribution >= 4 is 29.1 Å². The fourth-order valence-corrected chi connectivity index (χ4v) is 5.66. The molecule has 1 N–H and O–H groups in total. The van der Waals surface area contributed by atoms with Gasteiger partial charge >= 0.3 is 0 Å². The third kappa shape index (κ3) is 3.57. The number of anilines is 2. The van der Waals surface area contributed by atoms with Crippen molar-refractivity contribution in [3.8, 4) is 0 Å². The molecule has 0 aromatic heterocycles. The Morgan fingerprint density at radius 1 is 0.938 bits per heavy atom. The Balaban J connectivity index is 1.38. The predicted molar refractivity (Wildman–Crippen MR) is 123 cm³/mol. The molecule has 3 amide bonds. The number of amides is 3. The Labute approximate surface area is 188 Å². The molecule has 0 bridgehead atoms. The highest BCUT2D eigenvalue weighted by Gasteiger charge is 2.49. The summed E-state index contributed by atoms with van der Waals surface area (Å²) in [6.07, 6.45) is 4.22. The van der Waals surface area contributed by atoms with Crippen molar-refractivity contribution in [1.29, 1.82) is 0 Å². The molecule has 2 fully saturated rings. The molecule has 6 heteroatoms. The predicted octanol–water partition coefficient (Wildman–Crippen LogP) is 4.14. The van der Waals surface area contributed by atoms with E-state index < -0.39 is 0 Å². The van der Waals surface area contributed by atoms with Crippen molar-refractivity contribution in [1.82, 2.24) is 4.90 Å². The normalized spacial score (nSPS) is 27.2. The first-order valence-corrected chi connectivity index (χ1v) is 11.6. The quantitative estimate of drug-likeness (QED) is 0.739. The summed E-state index contributed by atoms with van der Waals surface area (Å²) in [6.45, 7) is 1.86. The number of likely N-dealkylation sites (tertiary alicyclic amines) is 1. The van der Waals surface area contributed by atoms with Crippen LogP contribution in [-0.4, -0.2) is 35.2 Å². The van der Waals surface area contributed by atoms with Crippen LogP contribution >= 0.6 is 0 Å². The van der Waals surface area contributed by atoms with Crippen molar-refractivity contribution < 1.29 is 14.4 Å². The number of nitrogens with zero attached hydrogens (tertiary/aromatic N) is 2. The largest absolute Gasteiger partial charge is 0.378 e. The van der Waals surface area contributed by atoms with Gasteiger partial charge in [0.2, 0.25) is 17.7 Å². The van der Waals surface area contributed by atoms with Gasteiger partial charge in [0.25, 0.3) is 0 Å². The lowest BCUT2D eigenvalue weighted by molar-refractivity contribution is -0.143. The minimum Gasteiger partial charge on any atom is -0.378 e. The van der Waals surface area contributed by atoms with Gasteiger partial charge in [-0.2, -0.15) is 0 Å². The minimum atomic E-state index is -0.227. The molecular formula is C26H29N3O3. The molecule has 2 aromatic rings. The van der Waals surface area contributed by atoms with Crippen LogP contribution < -0.4 is 10.2 Å². The minimum absolute atomic E-state index is 0.0614. The van der Waals surface area contributed by atoms with Crippen molar-refractivity contribution in [3.05, 3.63) is 60.2 Å². The van der Waals surface area contributed by atoms with E-state index in [1.165, 1.54) is 4.90 Å². The maximum absolute atomic E-state index is 13.4. The van der Waals surface area contributed by atoms with E-state index in [4.69, 9.17) is 0 Å². The van der Waals surface area contributed by atoms with E-state index in [9.17, 15) is 14.4 Å². The monoisotopic (exact) mass is 431 g/mol. The highest BCUT2D eigenvalue weighted by atomic mass is 16.2. The molecule has 1 saturated carbocycles. The van der Waals surface area contributed by atoms with Gasteiger partial charge < -0.3 is 10.2 Å². The number of hydrogen-bond donors (Lipinski definition) is 1. The van der Waals surface area contributed by atoms with Gasteiger partial charge in [-0.25, -0.2) is 0 Å². The maximum atomic E-state index is 13.4. The summed E-state index contributed by atoms with van der Waals surface area (Å²) >= 11 is 0. The molecule has 2 heterocycles. The van der Waals surface area contributed by atoms with E-state index in [1.807, 2.05) is 61.5 Å². The molecule has 4 atom stereocenters. The molecule has 2 aliphatic heterocycles. The highest BCUT2D eigenvalue weighted by molar-refractivity contribution is 6.09. The van der Waals surface area contributed by atoms with Gasteiger partial charge in [0, 0.05) is 17.4 Å². The van der Waals surface area contributed by atoms with E-state index in [1.54, 1.807) is 4.90 Å². The van der Waals surface area contributed by atoms with Gasteiger partial charge in [-0.15, -0.1) is 0 Å². The zero-order valence-electron chi connectivity index (χ0n) is 18.4. The SMILES string of the molecule is CC1CC(Nc2ccccc2)c2ccccc2N1C(=O)CN1C(=O)C2CCCCC2C1=O. The summed E-state index contributed by atoms with van der Waals surface area (Å²) in [6, 6.07) is 18.0. The van der Waals surface area contributed by atoms with Gasteiger partial charge in [0.1, 0.15) is 6.54 Å². The lowest BCUT2D eigenvalue weighted by Crippen LogP contribution is -2.49. The van der Waals surface area contributed by atoms with Crippen LogP contribution in [0.2, 0.25) is 0 Å². The van der Waals surface area contributed by atoms with Crippen LogP contribution in [0.25, 0.3) is 0 Å². The number of hydrogen-bond acceptors (Lipinski definition) is 4.